The van der Waals surface area contributed by atoms with Gasteiger partial charge < -0.3 is 9.47 Å². The third-order valence-electron chi connectivity index (χ3n) is 7.01. The van der Waals surface area contributed by atoms with Gasteiger partial charge in [0.1, 0.15) is 5.69 Å². The molecule has 4 nitrogen and oxygen atoms in total. The highest BCUT2D eigenvalue weighted by atomic mass is 16.2. The molecule has 1 atom stereocenters. The number of hydrogen-bond acceptors (Lipinski definition) is 2. The first-order chi connectivity index (χ1) is 14.1. The summed E-state index contributed by atoms with van der Waals surface area (Å²) in [5, 5.41) is 1.13. The molecule has 1 aromatic heterocycles. The number of para-hydroxylation sites is 1. The van der Waals surface area contributed by atoms with Gasteiger partial charge in [-0.3, -0.25) is 9.69 Å². The summed E-state index contributed by atoms with van der Waals surface area (Å²) in [5.41, 5.74) is 4.89. The quantitative estimate of drug-likeness (QED) is 0.682. The SMILES string of the molecule is CN(C(=O)c1cc2ccccc2n1C)[C@H]1CCCN(C2Cc3ccccc3C2)C1. The van der Waals surface area contributed by atoms with Crippen LogP contribution >= 0.6 is 0 Å². The van der Waals surface area contributed by atoms with E-state index in [0.29, 0.717) is 6.04 Å². The highest BCUT2D eigenvalue weighted by molar-refractivity contribution is 5.98. The Morgan fingerprint density at radius 2 is 1.72 bits per heavy atom. The number of piperidine rings is 1. The molecule has 150 valence electrons. The molecule has 1 saturated heterocycles. The Morgan fingerprint density at radius 3 is 2.45 bits per heavy atom. The molecule has 2 aliphatic rings. The Kier molecular flexibility index (Phi) is 4.67. The molecule has 0 spiro atoms. The molecule has 0 bridgehead atoms. The van der Waals surface area contributed by atoms with Crippen molar-refractivity contribution in [2.45, 2.75) is 37.8 Å². The number of carbonyl (C=O) groups is 1. The lowest BCUT2D eigenvalue weighted by atomic mass is 10.0. The van der Waals surface area contributed by atoms with Gasteiger partial charge in [0.15, 0.2) is 0 Å². The predicted molar refractivity (Wildman–Crippen MR) is 117 cm³/mol. The van der Waals surface area contributed by atoms with Gasteiger partial charge in [0.05, 0.1) is 0 Å². The Morgan fingerprint density at radius 1 is 1.03 bits per heavy atom. The molecule has 1 aliphatic heterocycles. The van der Waals surface area contributed by atoms with Gasteiger partial charge in [0, 0.05) is 43.6 Å². The highest BCUT2D eigenvalue weighted by Crippen LogP contribution is 2.29. The van der Waals surface area contributed by atoms with E-state index in [4.69, 9.17) is 0 Å². The molecule has 4 heteroatoms. The van der Waals surface area contributed by atoms with Gasteiger partial charge in [-0.25, -0.2) is 0 Å². The first-order valence-corrected chi connectivity index (χ1v) is 10.7. The van der Waals surface area contributed by atoms with E-state index >= 15 is 0 Å². The number of nitrogens with zero attached hydrogens (tertiary/aromatic N) is 3. The highest BCUT2D eigenvalue weighted by Gasteiger charge is 2.33. The van der Waals surface area contributed by atoms with Crippen molar-refractivity contribution in [1.29, 1.82) is 0 Å². The van der Waals surface area contributed by atoms with Crippen molar-refractivity contribution in [2.24, 2.45) is 7.05 Å². The van der Waals surface area contributed by atoms with E-state index < -0.39 is 0 Å². The smallest absolute Gasteiger partial charge is 0.270 e. The van der Waals surface area contributed by atoms with Crippen LogP contribution in [0.5, 0.6) is 0 Å². The van der Waals surface area contributed by atoms with E-state index in [2.05, 4.69) is 41.3 Å². The number of amides is 1. The fourth-order valence-electron chi connectivity index (χ4n) is 5.27. The van der Waals surface area contributed by atoms with Crippen molar-refractivity contribution < 1.29 is 4.79 Å². The van der Waals surface area contributed by atoms with Crippen molar-refractivity contribution in [3.63, 3.8) is 0 Å². The minimum absolute atomic E-state index is 0.130. The normalized spacial score (nSPS) is 20.1. The number of rotatable bonds is 3. The van der Waals surface area contributed by atoms with E-state index in [1.165, 1.54) is 11.1 Å². The summed E-state index contributed by atoms with van der Waals surface area (Å²) in [6.07, 6.45) is 4.53. The first-order valence-electron chi connectivity index (χ1n) is 10.7. The number of aromatic nitrogens is 1. The molecule has 0 saturated carbocycles. The lowest BCUT2D eigenvalue weighted by Gasteiger charge is -2.40. The number of hydrogen-bond donors (Lipinski definition) is 0. The summed E-state index contributed by atoms with van der Waals surface area (Å²) < 4.78 is 2.03. The predicted octanol–water partition coefficient (Wildman–Crippen LogP) is 3.88. The van der Waals surface area contributed by atoms with Crippen LogP contribution in [0.25, 0.3) is 10.9 Å². The average Bonchev–Trinajstić information content (AvgIpc) is 3.34. The monoisotopic (exact) mass is 387 g/mol. The van der Waals surface area contributed by atoms with Crippen LogP contribution in [0.1, 0.15) is 34.5 Å². The maximum absolute atomic E-state index is 13.3. The van der Waals surface area contributed by atoms with Crippen LogP contribution in [0, 0.1) is 0 Å². The molecule has 3 aromatic rings. The first kappa shape index (κ1) is 18.4. The van der Waals surface area contributed by atoms with Crippen molar-refractivity contribution in [2.75, 3.05) is 20.1 Å². The van der Waals surface area contributed by atoms with Gasteiger partial charge in [-0.2, -0.15) is 0 Å². The van der Waals surface area contributed by atoms with E-state index in [9.17, 15) is 4.79 Å². The molecule has 0 N–H and O–H groups in total. The number of carbonyl (C=O) groups excluding carboxylic acids is 1. The van der Waals surface area contributed by atoms with E-state index in [0.717, 1.165) is 55.4 Å². The van der Waals surface area contributed by atoms with Crippen LogP contribution in [0.15, 0.2) is 54.6 Å². The second-order valence-corrected chi connectivity index (χ2v) is 8.69. The summed E-state index contributed by atoms with van der Waals surface area (Å²) in [4.78, 5) is 17.9. The molecule has 0 radical (unpaired) electrons. The van der Waals surface area contributed by atoms with Crippen LogP contribution in [0.3, 0.4) is 0 Å². The van der Waals surface area contributed by atoms with E-state index in [-0.39, 0.29) is 11.9 Å². The number of likely N-dealkylation sites (N-methyl/N-ethyl adjacent to an activating group) is 1. The maximum Gasteiger partial charge on any atom is 0.270 e. The zero-order valence-electron chi connectivity index (χ0n) is 17.3. The largest absolute Gasteiger partial charge is 0.340 e. The molecular formula is C25H29N3O. The van der Waals surface area contributed by atoms with Gasteiger partial charge in [-0.1, -0.05) is 42.5 Å². The summed E-state index contributed by atoms with van der Waals surface area (Å²) in [6.45, 7) is 2.12. The van der Waals surface area contributed by atoms with Crippen molar-refractivity contribution in [1.82, 2.24) is 14.4 Å². The molecule has 0 unspecified atom stereocenters. The summed E-state index contributed by atoms with van der Waals surface area (Å²) in [5.74, 6) is 0.130. The second-order valence-electron chi connectivity index (χ2n) is 8.69. The third kappa shape index (κ3) is 3.25. The van der Waals surface area contributed by atoms with Gasteiger partial charge >= 0.3 is 0 Å². The summed E-state index contributed by atoms with van der Waals surface area (Å²) in [7, 11) is 3.98. The minimum Gasteiger partial charge on any atom is -0.340 e. The Hall–Kier alpha value is -2.59. The Balaban J connectivity index is 1.31. The fourth-order valence-corrected chi connectivity index (χ4v) is 5.27. The van der Waals surface area contributed by atoms with Crippen LogP contribution in [0.4, 0.5) is 0 Å². The molecule has 1 aliphatic carbocycles. The van der Waals surface area contributed by atoms with Crippen LogP contribution in [-0.4, -0.2) is 52.5 Å². The average molecular weight is 388 g/mol. The molecule has 2 heterocycles. The number of aryl methyl sites for hydroxylation is 1. The van der Waals surface area contributed by atoms with Crippen molar-refractivity contribution in [3.05, 3.63) is 71.4 Å². The Labute approximate surface area is 172 Å². The molecular weight excluding hydrogens is 358 g/mol. The van der Waals surface area contributed by atoms with E-state index in [1.807, 2.05) is 41.8 Å². The van der Waals surface area contributed by atoms with Crippen LogP contribution < -0.4 is 0 Å². The Bertz CT molecular complexity index is 1030. The fraction of sp³-hybridized carbons (Fsp3) is 0.400. The molecule has 2 aromatic carbocycles. The topological polar surface area (TPSA) is 28.5 Å². The maximum atomic E-state index is 13.3. The van der Waals surface area contributed by atoms with Gasteiger partial charge in [0.2, 0.25) is 0 Å². The molecule has 5 rings (SSSR count). The zero-order chi connectivity index (χ0) is 20.0. The molecule has 1 fully saturated rings. The number of benzene rings is 2. The number of fused-ring (bicyclic) bond motifs is 2. The number of likely N-dealkylation sites (tertiary alicyclic amines) is 1. The van der Waals surface area contributed by atoms with Gasteiger partial charge in [-0.15, -0.1) is 0 Å². The lowest BCUT2D eigenvalue weighted by Crippen LogP contribution is -2.52. The van der Waals surface area contributed by atoms with E-state index in [1.54, 1.807) is 0 Å². The van der Waals surface area contributed by atoms with Gasteiger partial charge in [0.25, 0.3) is 5.91 Å². The third-order valence-corrected chi connectivity index (χ3v) is 7.01. The summed E-state index contributed by atoms with van der Waals surface area (Å²) in [6, 6.07) is 19.9. The molecule has 29 heavy (non-hydrogen) atoms. The van der Waals surface area contributed by atoms with Crippen molar-refractivity contribution in [3.8, 4) is 0 Å². The van der Waals surface area contributed by atoms with Crippen LogP contribution in [0.2, 0.25) is 0 Å². The zero-order valence-corrected chi connectivity index (χ0v) is 17.3. The standard InChI is InChI=1S/C25H29N3O/c1-26(25(29)24-16-20-10-5-6-12-23(20)27(24)2)21-11-7-13-28(17-21)22-14-18-8-3-4-9-19(18)15-22/h3-6,8-10,12,16,21-22H,7,11,13-15,17H2,1-2H3/t21-/m0/s1. The second kappa shape index (κ2) is 7.34. The summed E-state index contributed by atoms with van der Waals surface area (Å²) >= 11 is 0. The molecule has 1 amide bonds. The van der Waals surface area contributed by atoms with Crippen molar-refractivity contribution >= 4 is 16.8 Å². The minimum atomic E-state index is 0.130. The van der Waals surface area contributed by atoms with Crippen LogP contribution in [-0.2, 0) is 19.9 Å². The lowest BCUT2D eigenvalue weighted by molar-refractivity contribution is 0.0547. The van der Waals surface area contributed by atoms with Gasteiger partial charge in [-0.05, 0) is 55.5 Å².